The Balaban J connectivity index is 2.28. The average molecular weight is 310 g/mol. The molecule has 0 radical (unpaired) electrons. The first-order valence-corrected chi connectivity index (χ1v) is 8.16. The van der Waals surface area contributed by atoms with Crippen LogP contribution in [0.3, 0.4) is 0 Å². The van der Waals surface area contributed by atoms with E-state index >= 15 is 0 Å². The van der Waals surface area contributed by atoms with E-state index in [0.29, 0.717) is 17.5 Å². The minimum absolute atomic E-state index is 0.0297. The predicted molar refractivity (Wildman–Crippen MR) is 97.8 cm³/mol. The van der Waals surface area contributed by atoms with E-state index in [4.69, 9.17) is 5.73 Å². The largest absolute Gasteiger partial charge is 0.398 e. The third kappa shape index (κ3) is 4.13. The second-order valence-electron chi connectivity index (χ2n) is 6.54. The molecule has 0 saturated heterocycles. The molecule has 0 heterocycles. The summed E-state index contributed by atoms with van der Waals surface area (Å²) < 4.78 is 0. The van der Waals surface area contributed by atoms with Gasteiger partial charge in [0.2, 0.25) is 5.91 Å². The number of para-hydroxylation sites is 2. The highest BCUT2D eigenvalue weighted by molar-refractivity contribution is 5.94. The van der Waals surface area contributed by atoms with Gasteiger partial charge >= 0.3 is 0 Å². The number of amides is 1. The lowest BCUT2D eigenvalue weighted by atomic mass is 9.92. The first-order chi connectivity index (χ1) is 10.9. The maximum Gasteiger partial charge on any atom is 0.228 e. The number of carbonyl (C=O) groups excluding carboxylic acids is 1. The van der Waals surface area contributed by atoms with Gasteiger partial charge in [-0.1, -0.05) is 64.1 Å². The molecule has 122 valence electrons. The number of nitrogen functional groups attached to an aromatic ring is 1. The Labute approximate surface area is 138 Å². The molecule has 0 unspecified atom stereocenters. The summed E-state index contributed by atoms with van der Waals surface area (Å²) in [6.07, 6.45) is 0.288. The fraction of sp³-hybridized carbons (Fsp3) is 0.350. The van der Waals surface area contributed by atoms with Crippen LogP contribution >= 0.6 is 0 Å². The van der Waals surface area contributed by atoms with E-state index in [1.54, 1.807) is 0 Å². The minimum atomic E-state index is -0.0297. The van der Waals surface area contributed by atoms with Gasteiger partial charge in [0.25, 0.3) is 0 Å². The fourth-order valence-electron chi connectivity index (χ4n) is 2.75. The van der Waals surface area contributed by atoms with Crippen molar-refractivity contribution in [3.63, 3.8) is 0 Å². The standard InChI is InChI=1S/C20H26N2O/c1-13(2)16-9-7-10-17(14(3)4)20(16)22-19(23)12-15-8-5-6-11-18(15)21/h5-11,13-14H,12,21H2,1-4H3,(H,22,23). The van der Waals surface area contributed by atoms with E-state index in [9.17, 15) is 4.79 Å². The number of nitrogens with two attached hydrogens (primary N) is 1. The molecule has 0 spiro atoms. The van der Waals surface area contributed by atoms with Crippen molar-refractivity contribution in [2.24, 2.45) is 0 Å². The van der Waals surface area contributed by atoms with Gasteiger partial charge in [-0.05, 0) is 34.6 Å². The maximum absolute atomic E-state index is 12.5. The Kier molecular flexibility index (Phi) is 5.43. The van der Waals surface area contributed by atoms with Gasteiger partial charge in [0.05, 0.1) is 6.42 Å². The van der Waals surface area contributed by atoms with Crippen LogP contribution in [0.25, 0.3) is 0 Å². The first kappa shape index (κ1) is 17.1. The SMILES string of the molecule is CC(C)c1cccc(C(C)C)c1NC(=O)Cc1ccccc1N. The van der Waals surface area contributed by atoms with Crippen LogP contribution in [-0.2, 0) is 11.2 Å². The fourth-order valence-corrected chi connectivity index (χ4v) is 2.75. The van der Waals surface area contributed by atoms with Crippen LogP contribution < -0.4 is 11.1 Å². The second kappa shape index (κ2) is 7.32. The van der Waals surface area contributed by atoms with E-state index in [2.05, 4.69) is 51.2 Å². The van der Waals surface area contributed by atoms with Crippen molar-refractivity contribution in [2.45, 2.75) is 46.0 Å². The van der Waals surface area contributed by atoms with Crippen molar-refractivity contribution >= 4 is 17.3 Å². The third-order valence-corrected chi connectivity index (χ3v) is 4.04. The van der Waals surface area contributed by atoms with Crippen LogP contribution in [0, 0.1) is 0 Å². The normalized spacial score (nSPS) is 11.0. The zero-order chi connectivity index (χ0) is 17.0. The number of hydrogen-bond acceptors (Lipinski definition) is 2. The predicted octanol–water partition coefficient (Wildman–Crippen LogP) is 4.70. The minimum Gasteiger partial charge on any atom is -0.398 e. The van der Waals surface area contributed by atoms with Crippen LogP contribution in [-0.4, -0.2) is 5.91 Å². The van der Waals surface area contributed by atoms with Crippen molar-refractivity contribution in [3.05, 3.63) is 59.2 Å². The summed E-state index contributed by atoms with van der Waals surface area (Å²) in [6, 6.07) is 13.7. The lowest BCUT2D eigenvalue weighted by Crippen LogP contribution is -2.18. The summed E-state index contributed by atoms with van der Waals surface area (Å²) in [4.78, 5) is 12.5. The molecule has 0 aliphatic heterocycles. The molecule has 3 heteroatoms. The monoisotopic (exact) mass is 310 g/mol. The van der Waals surface area contributed by atoms with Crippen molar-refractivity contribution < 1.29 is 4.79 Å². The number of nitrogens with one attached hydrogen (secondary N) is 1. The van der Waals surface area contributed by atoms with Crippen molar-refractivity contribution in [3.8, 4) is 0 Å². The number of anilines is 2. The number of hydrogen-bond donors (Lipinski definition) is 2. The van der Waals surface area contributed by atoms with E-state index in [-0.39, 0.29) is 12.3 Å². The highest BCUT2D eigenvalue weighted by Gasteiger charge is 2.16. The van der Waals surface area contributed by atoms with Crippen LogP contribution in [0.15, 0.2) is 42.5 Å². The molecule has 2 aromatic rings. The van der Waals surface area contributed by atoms with Crippen molar-refractivity contribution in [1.82, 2.24) is 0 Å². The van der Waals surface area contributed by atoms with Crippen LogP contribution in [0.5, 0.6) is 0 Å². The molecule has 3 N–H and O–H groups in total. The first-order valence-electron chi connectivity index (χ1n) is 8.16. The summed E-state index contributed by atoms with van der Waals surface area (Å²) in [6.45, 7) is 8.57. The van der Waals surface area contributed by atoms with Gasteiger partial charge in [-0.2, -0.15) is 0 Å². The Bertz CT molecular complexity index is 664. The molecule has 3 nitrogen and oxygen atoms in total. The van der Waals surface area contributed by atoms with Crippen LogP contribution in [0.4, 0.5) is 11.4 Å². The van der Waals surface area contributed by atoms with Gasteiger partial charge in [0.15, 0.2) is 0 Å². The average Bonchev–Trinajstić information content (AvgIpc) is 2.49. The maximum atomic E-state index is 12.5. The molecule has 0 aromatic heterocycles. The molecule has 2 rings (SSSR count). The Morgan fingerprint density at radius 3 is 2.04 bits per heavy atom. The number of carbonyl (C=O) groups is 1. The second-order valence-corrected chi connectivity index (χ2v) is 6.54. The third-order valence-electron chi connectivity index (χ3n) is 4.04. The van der Waals surface area contributed by atoms with E-state index in [1.165, 1.54) is 11.1 Å². The Morgan fingerprint density at radius 1 is 0.957 bits per heavy atom. The lowest BCUT2D eigenvalue weighted by molar-refractivity contribution is -0.115. The van der Waals surface area contributed by atoms with Crippen molar-refractivity contribution in [2.75, 3.05) is 11.1 Å². The zero-order valence-corrected chi connectivity index (χ0v) is 14.4. The molecule has 0 fully saturated rings. The molecular weight excluding hydrogens is 284 g/mol. The summed E-state index contributed by atoms with van der Waals surface area (Å²) in [5.74, 6) is 0.675. The molecule has 0 aliphatic rings. The molecule has 0 bridgehead atoms. The molecule has 0 saturated carbocycles. The summed E-state index contributed by atoms with van der Waals surface area (Å²) in [5.41, 5.74) is 10.8. The van der Waals surface area contributed by atoms with Crippen LogP contribution in [0.2, 0.25) is 0 Å². The number of rotatable bonds is 5. The highest BCUT2D eigenvalue weighted by atomic mass is 16.1. The zero-order valence-electron chi connectivity index (χ0n) is 14.4. The van der Waals surface area contributed by atoms with E-state index < -0.39 is 0 Å². The van der Waals surface area contributed by atoms with E-state index in [0.717, 1.165) is 11.3 Å². The van der Waals surface area contributed by atoms with Gasteiger partial charge < -0.3 is 11.1 Å². The lowest BCUT2D eigenvalue weighted by Gasteiger charge is -2.20. The molecule has 0 aliphatic carbocycles. The highest BCUT2D eigenvalue weighted by Crippen LogP contribution is 2.32. The molecule has 23 heavy (non-hydrogen) atoms. The van der Waals surface area contributed by atoms with Crippen molar-refractivity contribution in [1.29, 1.82) is 0 Å². The van der Waals surface area contributed by atoms with Gasteiger partial charge in [0, 0.05) is 11.4 Å². The molecule has 2 aromatic carbocycles. The summed E-state index contributed by atoms with van der Waals surface area (Å²) in [7, 11) is 0. The smallest absolute Gasteiger partial charge is 0.228 e. The van der Waals surface area contributed by atoms with Crippen LogP contribution in [0.1, 0.15) is 56.2 Å². The quantitative estimate of drug-likeness (QED) is 0.787. The Morgan fingerprint density at radius 2 is 1.52 bits per heavy atom. The van der Waals surface area contributed by atoms with E-state index in [1.807, 2.05) is 24.3 Å². The molecule has 0 atom stereocenters. The Hall–Kier alpha value is -2.29. The molecular formula is C20H26N2O. The topological polar surface area (TPSA) is 55.1 Å². The molecule has 1 amide bonds. The van der Waals surface area contributed by atoms with Gasteiger partial charge in [-0.25, -0.2) is 0 Å². The van der Waals surface area contributed by atoms with Gasteiger partial charge in [-0.15, -0.1) is 0 Å². The summed E-state index contributed by atoms with van der Waals surface area (Å²) in [5, 5.41) is 3.12. The summed E-state index contributed by atoms with van der Waals surface area (Å²) >= 11 is 0. The van der Waals surface area contributed by atoms with Gasteiger partial charge in [0.1, 0.15) is 0 Å². The van der Waals surface area contributed by atoms with Gasteiger partial charge in [-0.3, -0.25) is 4.79 Å². The number of benzene rings is 2.